The summed E-state index contributed by atoms with van der Waals surface area (Å²) in [5, 5.41) is 0. The van der Waals surface area contributed by atoms with Crippen LogP contribution in [0.3, 0.4) is 0 Å². The molecule has 0 nitrogen and oxygen atoms in total. The van der Waals surface area contributed by atoms with Gasteiger partial charge in [0.2, 0.25) is 0 Å². The van der Waals surface area contributed by atoms with E-state index in [-0.39, 0.29) is 3.67 Å². The third-order valence-electron chi connectivity index (χ3n) is 0. The second-order valence-electron chi connectivity index (χ2n) is 0.519. The molecule has 0 aromatic heterocycles. The molecular weight excluding hydrogens is 156 g/mol. The average molecular weight is 160 g/mol. The van der Waals surface area contributed by atoms with E-state index < -0.39 is 0 Å². The molecule has 0 saturated heterocycles. The predicted molar refractivity (Wildman–Crippen MR) is 25.4 cm³/mol. The molecule has 0 aliphatic heterocycles. The van der Waals surface area contributed by atoms with Crippen LogP contribution < -0.4 is 0 Å². The third-order valence-corrected chi connectivity index (χ3v) is 0. The standard InChI is InChI=1S/CH4Cl2Ge/c2-1(3)4/h1H,4H3. The molecular formula is CH4Cl2Ge. The van der Waals surface area contributed by atoms with E-state index in [4.69, 9.17) is 23.2 Å². The first kappa shape index (κ1) is 5.12. The molecule has 0 aromatic rings. The van der Waals surface area contributed by atoms with Gasteiger partial charge in [-0.05, 0) is 0 Å². The van der Waals surface area contributed by atoms with Gasteiger partial charge in [-0.25, -0.2) is 0 Å². The van der Waals surface area contributed by atoms with Gasteiger partial charge in [-0.2, -0.15) is 0 Å². The molecule has 4 heavy (non-hydrogen) atoms. The van der Waals surface area contributed by atoms with Crippen molar-refractivity contribution >= 4 is 39.7 Å². The Balaban J connectivity index is 2.32. The molecule has 0 saturated carbocycles. The van der Waals surface area contributed by atoms with Crippen molar-refractivity contribution < 1.29 is 0 Å². The van der Waals surface area contributed by atoms with Crippen molar-refractivity contribution in [1.29, 1.82) is 0 Å². The number of hydrogen-bond donors (Lipinski definition) is 0. The van der Waals surface area contributed by atoms with E-state index in [2.05, 4.69) is 0 Å². The van der Waals surface area contributed by atoms with Crippen molar-refractivity contribution in [3.63, 3.8) is 0 Å². The zero-order valence-electron chi connectivity index (χ0n) is 2.33. The summed E-state index contributed by atoms with van der Waals surface area (Å²) in [6.45, 7) is 0. The molecule has 3 heteroatoms. The minimum atomic E-state index is -0.0347. The Kier molecular flexibility index (Phi) is 3.03. The summed E-state index contributed by atoms with van der Waals surface area (Å²) in [5.74, 6) is 0. The minimum absolute atomic E-state index is 0.0347. The Morgan fingerprint density at radius 3 is 1.50 bits per heavy atom. The number of rotatable bonds is 0. The Labute approximate surface area is 43.7 Å². The van der Waals surface area contributed by atoms with E-state index in [0.29, 0.717) is 16.5 Å². The van der Waals surface area contributed by atoms with Gasteiger partial charge in [-0.3, -0.25) is 0 Å². The molecule has 0 rings (SSSR count). The average Bonchev–Trinajstić information content (AvgIpc) is 0.811. The summed E-state index contributed by atoms with van der Waals surface area (Å²) < 4.78 is -0.0347. The first-order chi connectivity index (χ1) is 1.73. The second-order valence-corrected chi connectivity index (χ2v) is 7.55. The van der Waals surface area contributed by atoms with E-state index in [1.54, 1.807) is 0 Å². The molecule has 0 atom stereocenters. The van der Waals surface area contributed by atoms with Crippen LogP contribution >= 0.6 is 23.2 Å². The zero-order valence-corrected chi connectivity index (χ0v) is 8.04. The molecule has 0 fully saturated rings. The Hall–Kier alpha value is 1.12. The third kappa shape index (κ3) is 11.2. The topological polar surface area (TPSA) is 0 Å². The van der Waals surface area contributed by atoms with Crippen LogP contribution in [0, 0.1) is 0 Å². The van der Waals surface area contributed by atoms with Crippen LogP contribution in [-0.4, -0.2) is 20.2 Å². The summed E-state index contributed by atoms with van der Waals surface area (Å²) in [7, 11) is 0. The van der Waals surface area contributed by atoms with Crippen molar-refractivity contribution in [1.82, 2.24) is 0 Å². The summed E-state index contributed by atoms with van der Waals surface area (Å²) >= 11 is 10.8. The first-order valence-electron chi connectivity index (χ1n) is 1.01. The Morgan fingerprint density at radius 1 is 1.50 bits per heavy atom. The molecule has 0 heterocycles. The fourth-order valence-corrected chi connectivity index (χ4v) is 0. The molecule has 0 N–H and O–H groups in total. The van der Waals surface area contributed by atoms with Gasteiger partial charge >= 0.3 is 43.4 Å². The van der Waals surface area contributed by atoms with E-state index >= 15 is 0 Å². The van der Waals surface area contributed by atoms with Crippen LogP contribution in [0.2, 0.25) is 0 Å². The molecule has 0 amide bonds. The molecule has 0 radical (unpaired) electrons. The van der Waals surface area contributed by atoms with Crippen molar-refractivity contribution in [2.75, 3.05) is 0 Å². The Morgan fingerprint density at radius 2 is 1.50 bits per heavy atom. The molecule has 0 aliphatic rings. The van der Waals surface area contributed by atoms with Crippen molar-refractivity contribution in [2.45, 2.75) is 3.67 Å². The van der Waals surface area contributed by atoms with Gasteiger partial charge in [0.05, 0.1) is 0 Å². The van der Waals surface area contributed by atoms with Gasteiger partial charge in [0.1, 0.15) is 0 Å². The van der Waals surface area contributed by atoms with Gasteiger partial charge in [0.15, 0.2) is 0 Å². The summed E-state index contributed by atoms with van der Waals surface area (Å²) in [6.07, 6.45) is 0. The monoisotopic (exact) mass is 160 g/mol. The predicted octanol–water partition coefficient (Wildman–Crippen LogP) is 0.113. The molecule has 0 spiro atoms. The second kappa shape index (κ2) is 2.37. The van der Waals surface area contributed by atoms with Gasteiger partial charge in [-0.15, -0.1) is 0 Å². The van der Waals surface area contributed by atoms with Gasteiger partial charge in [0.25, 0.3) is 0 Å². The van der Waals surface area contributed by atoms with Crippen molar-refractivity contribution in [3.8, 4) is 0 Å². The van der Waals surface area contributed by atoms with Crippen LogP contribution in [0.4, 0.5) is 0 Å². The van der Waals surface area contributed by atoms with Gasteiger partial charge in [-0.1, -0.05) is 0 Å². The fraction of sp³-hybridized carbons (Fsp3) is 1.00. The van der Waals surface area contributed by atoms with Crippen LogP contribution in [0.25, 0.3) is 0 Å². The van der Waals surface area contributed by atoms with Crippen LogP contribution in [0.1, 0.15) is 0 Å². The van der Waals surface area contributed by atoms with E-state index in [9.17, 15) is 0 Å². The summed E-state index contributed by atoms with van der Waals surface area (Å²) in [4.78, 5) is 0. The quantitative estimate of drug-likeness (QED) is 0.348. The zero-order chi connectivity index (χ0) is 3.58. The molecule has 0 unspecified atom stereocenters. The van der Waals surface area contributed by atoms with Crippen molar-refractivity contribution in [3.05, 3.63) is 0 Å². The normalized spacial score (nSPS) is 9.75. The van der Waals surface area contributed by atoms with E-state index in [1.807, 2.05) is 0 Å². The summed E-state index contributed by atoms with van der Waals surface area (Å²) in [5.41, 5.74) is 0. The molecule has 26 valence electrons. The number of alkyl halides is 2. The maximum atomic E-state index is 5.12. The molecule has 0 aromatic carbocycles. The maximum absolute atomic E-state index is 5.12. The van der Waals surface area contributed by atoms with Crippen LogP contribution in [-0.2, 0) is 0 Å². The number of hydrogen-bond acceptors (Lipinski definition) is 0. The van der Waals surface area contributed by atoms with Crippen LogP contribution in [0.15, 0.2) is 0 Å². The number of halogens is 2. The van der Waals surface area contributed by atoms with Crippen molar-refractivity contribution in [2.24, 2.45) is 0 Å². The Bertz CT molecular complexity index is 10.8. The SMILES string of the molecule is Cl[CH](Cl)[GeH3]. The fourth-order valence-electron chi connectivity index (χ4n) is 0. The molecule has 0 aliphatic carbocycles. The first-order valence-corrected chi connectivity index (χ1v) is 4.31. The van der Waals surface area contributed by atoms with Crippen LogP contribution in [0.5, 0.6) is 0 Å². The van der Waals surface area contributed by atoms with E-state index in [1.165, 1.54) is 0 Å². The summed E-state index contributed by atoms with van der Waals surface area (Å²) in [6, 6.07) is 0. The van der Waals surface area contributed by atoms with Gasteiger partial charge < -0.3 is 0 Å². The molecule has 0 bridgehead atoms. The van der Waals surface area contributed by atoms with Gasteiger partial charge in [0, 0.05) is 0 Å². The van der Waals surface area contributed by atoms with E-state index in [0.717, 1.165) is 0 Å².